The van der Waals surface area contributed by atoms with E-state index >= 15 is 0 Å². The fourth-order valence-corrected chi connectivity index (χ4v) is 2.15. The predicted octanol–water partition coefficient (Wildman–Crippen LogP) is 3.73. The van der Waals surface area contributed by atoms with Crippen LogP contribution in [0.5, 0.6) is 0 Å². The molecule has 0 aliphatic rings. The Hall–Kier alpha value is -3.69. The molecule has 138 valence electrons. The number of hydrogen-bond acceptors (Lipinski definition) is 6. The van der Waals surface area contributed by atoms with Crippen LogP contribution >= 0.6 is 0 Å². The minimum absolute atomic E-state index is 0.0762. The summed E-state index contributed by atoms with van der Waals surface area (Å²) >= 11 is 0. The van der Waals surface area contributed by atoms with Crippen molar-refractivity contribution in [1.82, 2.24) is 15.2 Å². The van der Waals surface area contributed by atoms with E-state index < -0.39 is 17.5 Å². The Morgan fingerprint density at radius 3 is 2.33 bits per heavy atom. The molecule has 10 heteroatoms. The highest BCUT2D eigenvalue weighted by atomic mass is 19.2. The molecule has 0 radical (unpaired) electrons. The van der Waals surface area contributed by atoms with Crippen molar-refractivity contribution in [2.75, 3.05) is 16.0 Å². The molecule has 0 aliphatic heterocycles. The number of carbonyl (C=O) groups excluding carboxylic acids is 1. The predicted molar refractivity (Wildman–Crippen MR) is 93.5 cm³/mol. The number of aromatic nitrogens is 3. The van der Waals surface area contributed by atoms with Crippen LogP contribution in [0.3, 0.4) is 0 Å². The van der Waals surface area contributed by atoms with E-state index in [1.54, 1.807) is 24.3 Å². The van der Waals surface area contributed by atoms with Crippen molar-refractivity contribution >= 4 is 34.7 Å². The Kier molecular flexibility index (Phi) is 5.15. The van der Waals surface area contributed by atoms with Gasteiger partial charge in [0.15, 0.2) is 23.3 Å². The summed E-state index contributed by atoms with van der Waals surface area (Å²) in [7, 11) is 0. The van der Waals surface area contributed by atoms with Gasteiger partial charge < -0.3 is 16.0 Å². The van der Waals surface area contributed by atoms with E-state index in [9.17, 15) is 18.0 Å². The standard InChI is InChI=1S/C17H13F3N6O/c1-9(27)22-10-2-4-11(5-3-10)23-17-25-14(8-21-26-17)24-13-7-6-12(18)15(19)16(13)20/h2-8H,1H3,(H,22,27)(H2,23,24,25,26). The molecule has 27 heavy (non-hydrogen) atoms. The van der Waals surface area contributed by atoms with E-state index in [4.69, 9.17) is 0 Å². The number of carbonyl (C=O) groups is 1. The fourth-order valence-electron chi connectivity index (χ4n) is 2.15. The first-order valence-corrected chi connectivity index (χ1v) is 7.67. The van der Waals surface area contributed by atoms with Gasteiger partial charge in [-0.2, -0.15) is 10.1 Å². The lowest BCUT2D eigenvalue weighted by Gasteiger charge is -2.09. The van der Waals surface area contributed by atoms with E-state index in [0.29, 0.717) is 11.4 Å². The second-order valence-electron chi connectivity index (χ2n) is 5.40. The van der Waals surface area contributed by atoms with Crippen LogP contribution in [0.1, 0.15) is 6.92 Å². The van der Waals surface area contributed by atoms with Crippen LogP contribution in [0.25, 0.3) is 0 Å². The Balaban J connectivity index is 1.74. The van der Waals surface area contributed by atoms with E-state index in [1.807, 2.05) is 0 Å². The highest BCUT2D eigenvalue weighted by Gasteiger charge is 2.14. The first kappa shape index (κ1) is 18.1. The zero-order valence-electron chi connectivity index (χ0n) is 13.9. The molecule has 0 spiro atoms. The number of rotatable bonds is 5. The molecule has 0 aliphatic carbocycles. The highest BCUT2D eigenvalue weighted by Crippen LogP contribution is 2.23. The average molecular weight is 374 g/mol. The Labute approximate surface area is 151 Å². The zero-order chi connectivity index (χ0) is 19.4. The van der Waals surface area contributed by atoms with Crippen LogP contribution in [0.2, 0.25) is 0 Å². The molecule has 0 bridgehead atoms. The Morgan fingerprint density at radius 2 is 1.63 bits per heavy atom. The Morgan fingerprint density at radius 1 is 0.926 bits per heavy atom. The molecule has 0 fully saturated rings. The lowest BCUT2D eigenvalue weighted by Crippen LogP contribution is -2.06. The first-order chi connectivity index (χ1) is 12.9. The van der Waals surface area contributed by atoms with Gasteiger partial charge in [0.25, 0.3) is 0 Å². The second-order valence-corrected chi connectivity index (χ2v) is 5.40. The summed E-state index contributed by atoms with van der Waals surface area (Å²) < 4.78 is 40.0. The molecule has 1 amide bonds. The van der Waals surface area contributed by atoms with Gasteiger partial charge in [0.1, 0.15) is 0 Å². The molecular weight excluding hydrogens is 361 g/mol. The average Bonchev–Trinajstić information content (AvgIpc) is 2.64. The maximum Gasteiger partial charge on any atom is 0.249 e. The van der Waals surface area contributed by atoms with Gasteiger partial charge in [-0.1, -0.05) is 0 Å². The quantitative estimate of drug-likeness (QED) is 0.590. The lowest BCUT2D eigenvalue weighted by molar-refractivity contribution is -0.114. The molecule has 3 rings (SSSR count). The summed E-state index contributed by atoms with van der Waals surface area (Å²) in [5.74, 6) is -4.26. The molecule has 3 N–H and O–H groups in total. The molecule has 3 aromatic rings. The summed E-state index contributed by atoms with van der Waals surface area (Å²) in [6.07, 6.45) is 1.20. The number of nitrogens with zero attached hydrogens (tertiary/aromatic N) is 3. The van der Waals surface area contributed by atoms with E-state index in [-0.39, 0.29) is 23.4 Å². The van der Waals surface area contributed by atoms with Crippen LogP contribution in [-0.2, 0) is 4.79 Å². The number of amides is 1. The first-order valence-electron chi connectivity index (χ1n) is 7.67. The minimum Gasteiger partial charge on any atom is -0.336 e. The van der Waals surface area contributed by atoms with Gasteiger partial charge in [0.2, 0.25) is 11.9 Å². The second kappa shape index (κ2) is 7.68. The van der Waals surface area contributed by atoms with Crippen LogP contribution in [0.4, 0.5) is 42.0 Å². The van der Waals surface area contributed by atoms with Crippen molar-refractivity contribution in [3.8, 4) is 0 Å². The number of benzene rings is 2. The number of hydrogen-bond donors (Lipinski definition) is 3. The van der Waals surface area contributed by atoms with Crippen LogP contribution in [-0.4, -0.2) is 21.1 Å². The zero-order valence-corrected chi connectivity index (χ0v) is 13.9. The van der Waals surface area contributed by atoms with Gasteiger partial charge in [0.05, 0.1) is 11.9 Å². The van der Waals surface area contributed by atoms with Gasteiger partial charge in [-0.05, 0) is 36.4 Å². The van der Waals surface area contributed by atoms with E-state index in [1.165, 1.54) is 13.1 Å². The van der Waals surface area contributed by atoms with E-state index in [0.717, 1.165) is 12.1 Å². The van der Waals surface area contributed by atoms with Crippen molar-refractivity contribution in [1.29, 1.82) is 0 Å². The van der Waals surface area contributed by atoms with E-state index in [2.05, 4.69) is 31.1 Å². The third kappa shape index (κ3) is 4.48. The fraction of sp³-hybridized carbons (Fsp3) is 0.0588. The highest BCUT2D eigenvalue weighted by molar-refractivity contribution is 5.88. The van der Waals surface area contributed by atoms with Crippen LogP contribution < -0.4 is 16.0 Å². The monoisotopic (exact) mass is 374 g/mol. The van der Waals surface area contributed by atoms with Gasteiger partial charge in [-0.15, -0.1) is 5.10 Å². The molecule has 2 aromatic carbocycles. The number of nitrogens with one attached hydrogen (secondary N) is 3. The molecular formula is C17H13F3N6O. The molecule has 0 saturated heterocycles. The largest absolute Gasteiger partial charge is 0.336 e. The molecule has 1 aromatic heterocycles. The minimum atomic E-state index is -1.58. The van der Waals surface area contributed by atoms with Gasteiger partial charge >= 0.3 is 0 Å². The molecule has 0 atom stereocenters. The van der Waals surface area contributed by atoms with Gasteiger partial charge in [-0.3, -0.25) is 4.79 Å². The lowest BCUT2D eigenvalue weighted by atomic mass is 10.3. The third-order valence-electron chi connectivity index (χ3n) is 3.32. The van der Waals surface area contributed by atoms with Crippen LogP contribution in [0, 0.1) is 17.5 Å². The summed E-state index contributed by atoms with van der Waals surface area (Å²) in [4.78, 5) is 15.1. The van der Waals surface area contributed by atoms with Gasteiger partial charge in [-0.25, -0.2) is 13.2 Å². The summed E-state index contributed by atoms with van der Waals surface area (Å²) in [5, 5.41) is 15.5. The number of anilines is 5. The van der Waals surface area contributed by atoms with Crippen molar-refractivity contribution < 1.29 is 18.0 Å². The van der Waals surface area contributed by atoms with Crippen molar-refractivity contribution in [3.05, 3.63) is 60.0 Å². The molecule has 1 heterocycles. The number of halogens is 3. The third-order valence-corrected chi connectivity index (χ3v) is 3.32. The maximum absolute atomic E-state index is 13.7. The molecule has 0 unspecified atom stereocenters. The maximum atomic E-state index is 13.7. The van der Waals surface area contributed by atoms with Crippen molar-refractivity contribution in [3.63, 3.8) is 0 Å². The molecule has 0 saturated carbocycles. The van der Waals surface area contributed by atoms with Gasteiger partial charge in [0, 0.05) is 18.3 Å². The van der Waals surface area contributed by atoms with Crippen molar-refractivity contribution in [2.24, 2.45) is 0 Å². The summed E-state index contributed by atoms with van der Waals surface area (Å²) in [5.41, 5.74) is 0.943. The van der Waals surface area contributed by atoms with Crippen molar-refractivity contribution in [2.45, 2.75) is 6.92 Å². The molecule has 7 nitrogen and oxygen atoms in total. The smallest absolute Gasteiger partial charge is 0.249 e. The summed E-state index contributed by atoms with van der Waals surface area (Å²) in [6.45, 7) is 1.40. The Bertz CT molecular complexity index is 981. The normalized spacial score (nSPS) is 10.4. The summed E-state index contributed by atoms with van der Waals surface area (Å²) in [6, 6.07) is 8.56. The SMILES string of the molecule is CC(=O)Nc1ccc(Nc2nncc(Nc3ccc(F)c(F)c3F)n2)cc1. The topological polar surface area (TPSA) is 91.8 Å². The van der Waals surface area contributed by atoms with Crippen LogP contribution in [0.15, 0.2) is 42.6 Å².